The first kappa shape index (κ1) is 23.8. The van der Waals surface area contributed by atoms with Gasteiger partial charge in [0, 0.05) is 26.0 Å². The molecule has 3 atom stereocenters. The normalized spacial score (nSPS) is 19.9. The maximum Gasteiger partial charge on any atom is 0.407 e. The third-order valence-corrected chi connectivity index (χ3v) is 6.68. The van der Waals surface area contributed by atoms with E-state index in [0.29, 0.717) is 12.8 Å². The van der Waals surface area contributed by atoms with Gasteiger partial charge in [-0.15, -0.1) is 0 Å². The molecule has 8 heteroatoms. The number of aliphatic carboxylic acids is 1. The number of alkyl carbamates (subject to hydrolysis) is 1. The maximum atomic E-state index is 13.2. The zero-order valence-electron chi connectivity index (χ0n) is 19.4. The average molecular weight is 467 g/mol. The predicted molar refractivity (Wildman–Crippen MR) is 125 cm³/mol. The molecule has 2 amide bonds. The van der Waals surface area contributed by atoms with Crippen molar-refractivity contribution < 1.29 is 29.0 Å². The second-order valence-corrected chi connectivity index (χ2v) is 8.75. The number of rotatable bonds is 8. The van der Waals surface area contributed by atoms with Crippen molar-refractivity contribution in [3.05, 3.63) is 59.7 Å². The van der Waals surface area contributed by atoms with Crippen LogP contribution in [0.3, 0.4) is 0 Å². The topological polar surface area (TPSA) is 105 Å². The quantitative estimate of drug-likeness (QED) is 0.618. The average Bonchev–Trinajstić information content (AvgIpc) is 3.42. The van der Waals surface area contributed by atoms with Crippen LogP contribution in [0, 0.1) is 0 Å². The number of hydrogen-bond donors (Lipinski definition) is 2. The molecular formula is C26H30N2O6. The number of ether oxygens (including phenoxy) is 2. The van der Waals surface area contributed by atoms with Crippen LogP contribution in [0.15, 0.2) is 48.5 Å². The third kappa shape index (κ3) is 4.63. The fourth-order valence-corrected chi connectivity index (χ4v) is 4.97. The molecule has 0 spiro atoms. The Morgan fingerprint density at radius 1 is 1.09 bits per heavy atom. The van der Waals surface area contributed by atoms with Crippen LogP contribution in [0.1, 0.15) is 43.2 Å². The lowest BCUT2D eigenvalue weighted by atomic mass is 9.98. The zero-order valence-corrected chi connectivity index (χ0v) is 19.4. The fourth-order valence-electron chi connectivity index (χ4n) is 4.97. The monoisotopic (exact) mass is 466 g/mol. The number of carbonyl (C=O) groups is 3. The molecule has 0 saturated carbocycles. The van der Waals surface area contributed by atoms with Gasteiger partial charge in [0.2, 0.25) is 5.91 Å². The van der Waals surface area contributed by atoms with Gasteiger partial charge in [-0.2, -0.15) is 0 Å². The lowest BCUT2D eigenvalue weighted by Gasteiger charge is -2.27. The van der Waals surface area contributed by atoms with E-state index >= 15 is 0 Å². The number of hydrogen-bond acceptors (Lipinski definition) is 5. The highest BCUT2D eigenvalue weighted by atomic mass is 16.5. The highest BCUT2D eigenvalue weighted by Crippen LogP contribution is 2.44. The minimum atomic E-state index is -1.08. The Kier molecular flexibility index (Phi) is 7.17. The second-order valence-electron chi connectivity index (χ2n) is 8.75. The van der Waals surface area contributed by atoms with E-state index in [2.05, 4.69) is 17.4 Å². The lowest BCUT2D eigenvalue weighted by Crippen LogP contribution is -2.52. The summed E-state index contributed by atoms with van der Waals surface area (Å²) in [6.45, 7) is 2.22. The highest BCUT2D eigenvalue weighted by molar-refractivity contribution is 5.90. The molecular weight excluding hydrogens is 436 g/mol. The number of carbonyl (C=O) groups excluding carboxylic acids is 2. The van der Waals surface area contributed by atoms with Gasteiger partial charge in [0.25, 0.3) is 0 Å². The maximum absolute atomic E-state index is 13.2. The molecule has 1 aliphatic carbocycles. The summed E-state index contributed by atoms with van der Waals surface area (Å²) in [5.41, 5.74) is 4.47. The fraction of sp³-hybridized carbons (Fsp3) is 0.423. The minimum Gasteiger partial charge on any atom is -0.480 e. The van der Waals surface area contributed by atoms with Gasteiger partial charge in [-0.25, -0.2) is 9.59 Å². The van der Waals surface area contributed by atoms with Crippen molar-refractivity contribution in [1.29, 1.82) is 0 Å². The summed E-state index contributed by atoms with van der Waals surface area (Å²) in [5.74, 6) is -1.59. The van der Waals surface area contributed by atoms with Gasteiger partial charge in [-0.1, -0.05) is 61.9 Å². The molecule has 34 heavy (non-hydrogen) atoms. The van der Waals surface area contributed by atoms with Crippen molar-refractivity contribution in [2.45, 2.75) is 50.3 Å². The number of nitrogens with one attached hydrogen (secondary N) is 1. The zero-order chi connectivity index (χ0) is 24.2. The Labute approximate surface area is 198 Å². The van der Waals surface area contributed by atoms with Crippen LogP contribution in [0.4, 0.5) is 4.79 Å². The molecule has 180 valence electrons. The van der Waals surface area contributed by atoms with Gasteiger partial charge >= 0.3 is 12.1 Å². The van der Waals surface area contributed by atoms with Crippen LogP contribution < -0.4 is 5.32 Å². The molecule has 2 N–H and O–H groups in total. The number of carboxylic acids is 1. The Morgan fingerprint density at radius 3 is 2.26 bits per heavy atom. The van der Waals surface area contributed by atoms with Gasteiger partial charge in [0.1, 0.15) is 18.7 Å². The highest BCUT2D eigenvalue weighted by Gasteiger charge is 2.42. The van der Waals surface area contributed by atoms with Gasteiger partial charge in [0.15, 0.2) is 0 Å². The van der Waals surface area contributed by atoms with Crippen LogP contribution >= 0.6 is 0 Å². The Morgan fingerprint density at radius 2 is 1.71 bits per heavy atom. The molecule has 3 unspecified atom stereocenters. The summed E-state index contributed by atoms with van der Waals surface area (Å²) < 4.78 is 10.9. The largest absolute Gasteiger partial charge is 0.480 e. The molecule has 0 aromatic heterocycles. The Hall–Kier alpha value is -3.39. The van der Waals surface area contributed by atoms with Crippen LogP contribution in [-0.4, -0.2) is 66.4 Å². The van der Waals surface area contributed by atoms with Crippen molar-refractivity contribution in [3.8, 4) is 11.1 Å². The summed E-state index contributed by atoms with van der Waals surface area (Å²) in [4.78, 5) is 38.9. The number of benzene rings is 2. The standard InChI is InChI=1S/C26H30N2O6/c1-3-8-22(24(29)28-14-16(33-2)13-23(28)25(30)31)27-26(32)34-15-21-19-11-6-4-9-17(19)18-10-5-7-12-20(18)21/h4-7,9-12,16,21-23H,3,8,13-15H2,1-2H3,(H,27,32)(H,30,31). The van der Waals surface area contributed by atoms with Crippen molar-refractivity contribution >= 4 is 18.0 Å². The molecule has 4 rings (SSSR count). The first-order valence-corrected chi connectivity index (χ1v) is 11.6. The third-order valence-electron chi connectivity index (χ3n) is 6.68. The van der Waals surface area contributed by atoms with Gasteiger partial charge in [0.05, 0.1) is 6.10 Å². The molecule has 1 saturated heterocycles. The van der Waals surface area contributed by atoms with Crippen molar-refractivity contribution in [1.82, 2.24) is 10.2 Å². The van der Waals surface area contributed by atoms with E-state index in [0.717, 1.165) is 22.3 Å². The molecule has 1 heterocycles. The van der Waals surface area contributed by atoms with E-state index < -0.39 is 30.1 Å². The first-order chi connectivity index (χ1) is 16.4. The molecule has 0 bridgehead atoms. The number of amides is 2. The molecule has 8 nitrogen and oxygen atoms in total. The predicted octanol–water partition coefficient (Wildman–Crippen LogP) is 3.39. The summed E-state index contributed by atoms with van der Waals surface area (Å²) >= 11 is 0. The smallest absolute Gasteiger partial charge is 0.407 e. The minimum absolute atomic E-state index is 0.0871. The summed E-state index contributed by atoms with van der Waals surface area (Å²) in [6.07, 6.45) is 0.203. The number of fused-ring (bicyclic) bond motifs is 3. The number of nitrogens with zero attached hydrogens (tertiary/aromatic N) is 1. The molecule has 0 radical (unpaired) electrons. The molecule has 2 aromatic carbocycles. The Balaban J connectivity index is 1.43. The van der Waals surface area contributed by atoms with E-state index in [4.69, 9.17) is 9.47 Å². The summed E-state index contributed by atoms with van der Waals surface area (Å²) in [5, 5.41) is 12.2. The summed E-state index contributed by atoms with van der Waals surface area (Å²) in [7, 11) is 1.50. The van der Waals surface area contributed by atoms with E-state index in [1.165, 1.54) is 12.0 Å². The number of likely N-dealkylation sites (tertiary alicyclic amines) is 1. The molecule has 2 aromatic rings. The molecule has 2 aliphatic rings. The first-order valence-electron chi connectivity index (χ1n) is 11.6. The van der Waals surface area contributed by atoms with Crippen molar-refractivity contribution in [3.63, 3.8) is 0 Å². The van der Waals surface area contributed by atoms with Crippen molar-refractivity contribution in [2.24, 2.45) is 0 Å². The second kappa shape index (κ2) is 10.3. The van der Waals surface area contributed by atoms with E-state index in [9.17, 15) is 19.5 Å². The lowest BCUT2D eigenvalue weighted by molar-refractivity contribution is -0.149. The van der Waals surface area contributed by atoms with Crippen LogP contribution in [0.25, 0.3) is 11.1 Å². The van der Waals surface area contributed by atoms with E-state index in [1.54, 1.807) is 0 Å². The van der Waals surface area contributed by atoms with Crippen LogP contribution in [-0.2, 0) is 19.1 Å². The van der Waals surface area contributed by atoms with E-state index in [1.807, 2.05) is 43.3 Å². The van der Waals surface area contributed by atoms with Gasteiger partial charge in [-0.3, -0.25) is 4.79 Å². The molecule has 1 fully saturated rings. The van der Waals surface area contributed by atoms with Crippen LogP contribution in [0.2, 0.25) is 0 Å². The van der Waals surface area contributed by atoms with Crippen molar-refractivity contribution in [2.75, 3.05) is 20.3 Å². The Bertz CT molecular complexity index is 1030. The number of methoxy groups -OCH3 is 1. The van der Waals surface area contributed by atoms with E-state index in [-0.39, 0.29) is 31.6 Å². The number of carboxylic acid groups (broad SMARTS) is 1. The molecule has 1 aliphatic heterocycles. The van der Waals surface area contributed by atoms with Crippen LogP contribution in [0.5, 0.6) is 0 Å². The SMILES string of the molecule is CCCC(NC(=O)OCC1c2ccccc2-c2ccccc21)C(=O)N1CC(OC)CC1C(=O)O. The summed E-state index contributed by atoms with van der Waals surface area (Å²) in [6, 6.07) is 14.3. The van der Waals surface area contributed by atoms with Gasteiger partial charge < -0.3 is 24.8 Å². The van der Waals surface area contributed by atoms with Gasteiger partial charge in [-0.05, 0) is 28.7 Å².